The minimum absolute atomic E-state index is 0.00900. The van der Waals surface area contributed by atoms with E-state index in [1.807, 2.05) is 0 Å². The van der Waals surface area contributed by atoms with Gasteiger partial charge in [-0.2, -0.15) is 0 Å². The fourth-order valence-electron chi connectivity index (χ4n) is 3.78. The number of nitrogens with zero attached hydrogens (tertiary/aromatic N) is 1. The Kier molecular flexibility index (Phi) is 4.46. The van der Waals surface area contributed by atoms with E-state index in [4.69, 9.17) is 4.74 Å². The van der Waals surface area contributed by atoms with Crippen LogP contribution in [0.25, 0.3) is 0 Å². The molecule has 0 aliphatic carbocycles. The Balaban J connectivity index is 1.48. The van der Waals surface area contributed by atoms with Crippen molar-refractivity contribution in [1.29, 1.82) is 0 Å². The maximum absolute atomic E-state index is 13.8. The van der Waals surface area contributed by atoms with Crippen LogP contribution in [0, 0.1) is 11.6 Å². The van der Waals surface area contributed by atoms with Crippen molar-refractivity contribution < 1.29 is 18.3 Å². The van der Waals surface area contributed by atoms with Crippen molar-refractivity contribution in [1.82, 2.24) is 20.6 Å². The van der Waals surface area contributed by atoms with Crippen LogP contribution < -0.4 is 10.6 Å². The molecule has 1 saturated heterocycles. The summed E-state index contributed by atoms with van der Waals surface area (Å²) < 4.78 is 32.2. The van der Waals surface area contributed by atoms with Gasteiger partial charge in [0.25, 0.3) is 0 Å². The van der Waals surface area contributed by atoms with Crippen molar-refractivity contribution in [3.63, 3.8) is 0 Å². The van der Waals surface area contributed by atoms with Crippen LogP contribution in [0.15, 0.2) is 24.5 Å². The highest BCUT2D eigenvalue weighted by Crippen LogP contribution is 2.36. The number of halogens is 2. The van der Waals surface area contributed by atoms with Crippen LogP contribution in [0.1, 0.15) is 29.8 Å². The number of benzene rings is 1. The van der Waals surface area contributed by atoms with Gasteiger partial charge in [0.05, 0.1) is 23.6 Å². The van der Waals surface area contributed by atoms with Gasteiger partial charge >= 0.3 is 0 Å². The quantitative estimate of drug-likeness (QED) is 0.774. The molecule has 138 valence electrons. The summed E-state index contributed by atoms with van der Waals surface area (Å²) in [6, 6.07) is 2.88. The van der Waals surface area contributed by atoms with E-state index in [2.05, 4.69) is 20.6 Å². The number of carbonyl (C=O) groups is 1. The SMILES string of the molecule is O=C(NCc1ccc(F)cc1F)[C@@H]1Cc2[nH]cnc2C2(CCOCC2)N1. The zero-order chi connectivity index (χ0) is 18.1. The molecule has 0 radical (unpaired) electrons. The highest BCUT2D eigenvalue weighted by atomic mass is 19.1. The highest BCUT2D eigenvalue weighted by molar-refractivity contribution is 5.82. The van der Waals surface area contributed by atoms with E-state index in [1.54, 1.807) is 6.33 Å². The van der Waals surface area contributed by atoms with Crippen LogP contribution in [0.5, 0.6) is 0 Å². The maximum Gasteiger partial charge on any atom is 0.237 e. The summed E-state index contributed by atoms with van der Waals surface area (Å²) >= 11 is 0. The molecule has 1 aromatic carbocycles. The molecular weight excluding hydrogens is 342 g/mol. The number of fused-ring (bicyclic) bond motifs is 2. The van der Waals surface area contributed by atoms with E-state index in [-0.39, 0.29) is 23.6 Å². The summed E-state index contributed by atoms with van der Waals surface area (Å²) in [4.78, 5) is 20.3. The second-order valence-corrected chi connectivity index (χ2v) is 6.78. The van der Waals surface area contributed by atoms with E-state index in [0.717, 1.165) is 30.3 Å². The van der Waals surface area contributed by atoms with Gasteiger partial charge < -0.3 is 15.0 Å². The molecule has 0 unspecified atom stereocenters. The summed E-state index contributed by atoms with van der Waals surface area (Å²) in [6.07, 6.45) is 3.61. The number of ether oxygens (including phenoxy) is 1. The molecule has 1 spiro atoms. The largest absolute Gasteiger partial charge is 0.381 e. The number of imidazole rings is 1. The standard InChI is InChI=1S/C18H20F2N4O2/c19-12-2-1-11(13(20)7-12)9-21-17(25)15-8-14-16(23-10-22-14)18(24-15)3-5-26-6-4-18/h1-2,7,10,15,24H,3-6,8-9H2,(H,21,25)(H,22,23)/t15-/m0/s1. The molecule has 6 nitrogen and oxygen atoms in total. The lowest BCUT2D eigenvalue weighted by molar-refractivity contribution is -0.124. The van der Waals surface area contributed by atoms with E-state index in [0.29, 0.717) is 19.6 Å². The molecule has 4 rings (SSSR count). The monoisotopic (exact) mass is 362 g/mol. The van der Waals surface area contributed by atoms with Crippen molar-refractivity contribution in [3.05, 3.63) is 53.1 Å². The molecule has 1 aromatic heterocycles. The van der Waals surface area contributed by atoms with E-state index >= 15 is 0 Å². The van der Waals surface area contributed by atoms with E-state index in [9.17, 15) is 13.6 Å². The highest BCUT2D eigenvalue weighted by Gasteiger charge is 2.44. The predicted octanol–water partition coefficient (Wildman–Crippen LogP) is 1.52. The fraction of sp³-hybridized carbons (Fsp3) is 0.444. The summed E-state index contributed by atoms with van der Waals surface area (Å²) in [7, 11) is 0. The lowest BCUT2D eigenvalue weighted by Crippen LogP contribution is -2.59. The van der Waals surface area contributed by atoms with Gasteiger partial charge in [0.1, 0.15) is 11.6 Å². The topological polar surface area (TPSA) is 79.0 Å². The first-order valence-corrected chi connectivity index (χ1v) is 8.67. The number of rotatable bonds is 3. The fourth-order valence-corrected chi connectivity index (χ4v) is 3.78. The predicted molar refractivity (Wildman–Crippen MR) is 89.2 cm³/mol. The van der Waals surface area contributed by atoms with Gasteiger partial charge in [0, 0.05) is 43.5 Å². The second kappa shape index (κ2) is 6.77. The number of carbonyl (C=O) groups excluding carboxylic acids is 1. The lowest BCUT2D eigenvalue weighted by Gasteiger charge is -2.43. The number of amides is 1. The molecule has 3 N–H and O–H groups in total. The molecule has 3 heterocycles. The first-order chi connectivity index (χ1) is 12.6. The smallest absolute Gasteiger partial charge is 0.237 e. The summed E-state index contributed by atoms with van der Waals surface area (Å²) in [5.41, 5.74) is 1.77. The molecule has 1 fully saturated rings. The number of nitrogens with one attached hydrogen (secondary N) is 3. The Hall–Kier alpha value is -2.32. The van der Waals surface area contributed by atoms with Gasteiger partial charge in [0.2, 0.25) is 5.91 Å². The van der Waals surface area contributed by atoms with Crippen LogP contribution >= 0.6 is 0 Å². The molecule has 2 aliphatic heterocycles. The van der Waals surface area contributed by atoms with Crippen LogP contribution in [0.3, 0.4) is 0 Å². The number of hydrogen-bond acceptors (Lipinski definition) is 4. The van der Waals surface area contributed by atoms with Gasteiger partial charge in [-0.3, -0.25) is 10.1 Å². The van der Waals surface area contributed by atoms with Crippen LogP contribution in [0.4, 0.5) is 8.78 Å². The Morgan fingerprint density at radius 2 is 2.15 bits per heavy atom. The Morgan fingerprint density at radius 3 is 2.92 bits per heavy atom. The first-order valence-electron chi connectivity index (χ1n) is 8.67. The maximum atomic E-state index is 13.8. The van der Waals surface area contributed by atoms with Gasteiger partial charge in [-0.15, -0.1) is 0 Å². The molecule has 2 aromatic rings. The molecule has 2 aliphatic rings. The van der Waals surface area contributed by atoms with Crippen LogP contribution in [-0.2, 0) is 28.0 Å². The van der Waals surface area contributed by atoms with Crippen molar-refractivity contribution >= 4 is 5.91 Å². The average Bonchev–Trinajstić information content (AvgIpc) is 3.11. The summed E-state index contributed by atoms with van der Waals surface area (Å²) in [5, 5.41) is 6.19. The zero-order valence-corrected chi connectivity index (χ0v) is 14.1. The molecule has 1 amide bonds. The van der Waals surface area contributed by atoms with Gasteiger partial charge in [0.15, 0.2) is 0 Å². The second-order valence-electron chi connectivity index (χ2n) is 6.78. The third-order valence-electron chi connectivity index (χ3n) is 5.16. The third kappa shape index (κ3) is 3.10. The van der Waals surface area contributed by atoms with Crippen LogP contribution in [-0.4, -0.2) is 35.1 Å². The molecule has 0 saturated carbocycles. The van der Waals surface area contributed by atoms with Gasteiger partial charge in [-0.05, 0) is 18.9 Å². The van der Waals surface area contributed by atoms with Crippen molar-refractivity contribution in [3.8, 4) is 0 Å². The number of hydrogen-bond donors (Lipinski definition) is 3. The Morgan fingerprint density at radius 1 is 1.35 bits per heavy atom. The van der Waals surface area contributed by atoms with Crippen LogP contribution in [0.2, 0.25) is 0 Å². The Bertz CT molecular complexity index is 817. The Labute approximate surface area is 149 Å². The van der Waals surface area contributed by atoms with E-state index in [1.165, 1.54) is 12.1 Å². The lowest BCUT2D eigenvalue weighted by atomic mass is 9.80. The molecule has 8 heteroatoms. The summed E-state index contributed by atoms with van der Waals surface area (Å²) in [6.45, 7) is 1.22. The summed E-state index contributed by atoms with van der Waals surface area (Å²) in [5.74, 6) is -1.53. The van der Waals surface area contributed by atoms with Gasteiger partial charge in [-0.25, -0.2) is 13.8 Å². The van der Waals surface area contributed by atoms with Crippen molar-refractivity contribution in [2.75, 3.05) is 13.2 Å². The first kappa shape index (κ1) is 17.1. The number of H-pyrrole nitrogens is 1. The van der Waals surface area contributed by atoms with E-state index < -0.39 is 17.7 Å². The minimum Gasteiger partial charge on any atom is -0.381 e. The molecule has 1 atom stereocenters. The van der Waals surface area contributed by atoms with Crippen molar-refractivity contribution in [2.24, 2.45) is 0 Å². The zero-order valence-electron chi connectivity index (χ0n) is 14.1. The molecular formula is C18H20F2N4O2. The van der Waals surface area contributed by atoms with Crippen molar-refractivity contribution in [2.45, 2.75) is 37.4 Å². The number of aromatic nitrogens is 2. The number of aromatic amines is 1. The van der Waals surface area contributed by atoms with Gasteiger partial charge in [-0.1, -0.05) is 6.07 Å². The molecule has 26 heavy (non-hydrogen) atoms. The minimum atomic E-state index is -0.668. The normalized spacial score (nSPS) is 21.4. The third-order valence-corrected chi connectivity index (χ3v) is 5.16. The molecule has 0 bridgehead atoms. The average molecular weight is 362 g/mol.